The quantitative estimate of drug-likeness (QED) is 0.452. The molecule has 0 aliphatic rings. The lowest BCUT2D eigenvalue weighted by Crippen LogP contribution is -2.14. The first-order valence-electron chi connectivity index (χ1n) is 3.28. The predicted molar refractivity (Wildman–Crippen MR) is 43.1 cm³/mol. The topological polar surface area (TPSA) is 3.24 Å². The maximum Gasteiger partial charge on any atom is 0.0236 e. The summed E-state index contributed by atoms with van der Waals surface area (Å²) in [6, 6.07) is 0. The SMILES string of the molecule is CCCN(Cl)CCCCl. The summed E-state index contributed by atoms with van der Waals surface area (Å²) in [6.07, 6.45) is 2.08. The van der Waals surface area contributed by atoms with E-state index in [4.69, 9.17) is 23.4 Å². The van der Waals surface area contributed by atoms with Gasteiger partial charge in [-0.3, -0.25) is 0 Å². The van der Waals surface area contributed by atoms with E-state index < -0.39 is 0 Å². The fraction of sp³-hybridized carbons (Fsp3) is 1.00. The second kappa shape index (κ2) is 6.66. The molecule has 0 saturated carbocycles. The standard InChI is InChI=1S/C6H13Cl2N/c1-2-5-9(8)6-3-4-7/h2-6H2,1H3. The van der Waals surface area contributed by atoms with E-state index in [1.54, 1.807) is 4.42 Å². The van der Waals surface area contributed by atoms with Crippen LogP contribution >= 0.6 is 23.4 Å². The van der Waals surface area contributed by atoms with E-state index in [1.165, 1.54) is 0 Å². The van der Waals surface area contributed by atoms with Crippen molar-refractivity contribution >= 4 is 23.4 Å². The van der Waals surface area contributed by atoms with Crippen LogP contribution in [0.5, 0.6) is 0 Å². The highest BCUT2D eigenvalue weighted by molar-refractivity contribution is 6.18. The summed E-state index contributed by atoms with van der Waals surface area (Å²) in [7, 11) is 0. The molecule has 0 unspecified atom stereocenters. The first kappa shape index (κ1) is 9.54. The Hall–Kier alpha value is 0.540. The molecule has 0 aliphatic heterocycles. The lowest BCUT2D eigenvalue weighted by molar-refractivity contribution is 0.453. The van der Waals surface area contributed by atoms with Crippen LogP contribution in [0, 0.1) is 0 Å². The molecule has 1 nitrogen and oxygen atoms in total. The van der Waals surface area contributed by atoms with Gasteiger partial charge in [0.15, 0.2) is 0 Å². The van der Waals surface area contributed by atoms with Gasteiger partial charge in [0, 0.05) is 19.0 Å². The Morgan fingerprint density at radius 2 is 2.00 bits per heavy atom. The second-order valence-corrected chi connectivity index (χ2v) is 2.81. The van der Waals surface area contributed by atoms with Gasteiger partial charge in [0.25, 0.3) is 0 Å². The molecule has 9 heavy (non-hydrogen) atoms. The minimum Gasteiger partial charge on any atom is -0.220 e. The number of hydrogen-bond donors (Lipinski definition) is 0. The van der Waals surface area contributed by atoms with E-state index in [9.17, 15) is 0 Å². The molecule has 0 heterocycles. The van der Waals surface area contributed by atoms with Gasteiger partial charge in [0.2, 0.25) is 0 Å². The summed E-state index contributed by atoms with van der Waals surface area (Å²) >= 11 is 11.2. The first-order valence-corrected chi connectivity index (χ1v) is 4.15. The van der Waals surface area contributed by atoms with E-state index in [0.717, 1.165) is 25.9 Å². The van der Waals surface area contributed by atoms with Crippen LogP contribution in [0.4, 0.5) is 0 Å². The van der Waals surface area contributed by atoms with Gasteiger partial charge >= 0.3 is 0 Å². The van der Waals surface area contributed by atoms with Gasteiger partial charge in [-0.1, -0.05) is 6.92 Å². The molecule has 3 heteroatoms. The molecule has 0 radical (unpaired) electrons. The second-order valence-electron chi connectivity index (χ2n) is 1.95. The number of nitrogens with zero attached hydrogens (tertiary/aromatic N) is 1. The minimum atomic E-state index is 0.701. The van der Waals surface area contributed by atoms with Crippen LogP contribution in [0.15, 0.2) is 0 Å². The summed E-state index contributed by atoms with van der Waals surface area (Å²) in [6.45, 7) is 3.97. The van der Waals surface area contributed by atoms with Gasteiger partial charge in [0.05, 0.1) is 0 Å². The van der Waals surface area contributed by atoms with E-state index in [-0.39, 0.29) is 0 Å². The summed E-state index contributed by atoms with van der Waals surface area (Å²) in [4.78, 5) is 0. The normalized spacial score (nSPS) is 10.7. The number of alkyl halides is 1. The lowest BCUT2D eigenvalue weighted by atomic mass is 10.4. The Balaban J connectivity index is 2.95. The average molecular weight is 170 g/mol. The Morgan fingerprint density at radius 3 is 2.44 bits per heavy atom. The van der Waals surface area contributed by atoms with Gasteiger partial charge in [-0.15, -0.1) is 11.6 Å². The molecule has 0 saturated heterocycles. The third-order valence-electron chi connectivity index (χ3n) is 1.00. The van der Waals surface area contributed by atoms with Crippen LogP contribution < -0.4 is 0 Å². The molecule has 0 rings (SSSR count). The summed E-state index contributed by atoms with van der Waals surface area (Å²) < 4.78 is 1.78. The van der Waals surface area contributed by atoms with Crippen molar-refractivity contribution in [2.45, 2.75) is 19.8 Å². The van der Waals surface area contributed by atoms with Gasteiger partial charge in [-0.25, -0.2) is 4.42 Å². The Kier molecular flexibility index (Phi) is 7.06. The van der Waals surface area contributed by atoms with Crippen molar-refractivity contribution in [2.24, 2.45) is 0 Å². The molecule has 0 spiro atoms. The number of rotatable bonds is 5. The fourth-order valence-corrected chi connectivity index (χ4v) is 0.994. The molecular weight excluding hydrogens is 157 g/mol. The van der Waals surface area contributed by atoms with Crippen LogP contribution in [-0.4, -0.2) is 23.4 Å². The molecule has 56 valence electrons. The summed E-state index contributed by atoms with van der Waals surface area (Å²) in [5.74, 6) is 0.701. The molecule has 0 N–H and O–H groups in total. The smallest absolute Gasteiger partial charge is 0.0236 e. The monoisotopic (exact) mass is 169 g/mol. The molecule has 0 bridgehead atoms. The van der Waals surface area contributed by atoms with Crippen LogP contribution in [-0.2, 0) is 0 Å². The predicted octanol–water partition coefficient (Wildman–Crippen LogP) is 2.48. The fourth-order valence-electron chi connectivity index (χ4n) is 0.586. The van der Waals surface area contributed by atoms with Crippen molar-refractivity contribution in [3.05, 3.63) is 0 Å². The zero-order valence-corrected chi connectivity index (χ0v) is 7.25. The van der Waals surface area contributed by atoms with Crippen LogP contribution in [0.1, 0.15) is 19.8 Å². The van der Waals surface area contributed by atoms with E-state index in [0.29, 0.717) is 5.88 Å². The molecule has 0 aromatic heterocycles. The molecular formula is C6H13Cl2N. The third kappa shape index (κ3) is 6.42. The Labute approximate surface area is 67.0 Å². The van der Waals surface area contributed by atoms with Crippen molar-refractivity contribution < 1.29 is 0 Å². The van der Waals surface area contributed by atoms with Crippen LogP contribution in [0.25, 0.3) is 0 Å². The van der Waals surface area contributed by atoms with Gasteiger partial charge < -0.3 is 0 Å². The Bertz CT molecular complexity index is 59.0. The number of hydrogen-bond acceptors (Lipinski definition) is 1. The van der Waals surface area contributed by atoms with Crippen molar-refractivity contribution in [2.75, 3.05) is 19.0 Å². The van der Waals surface area contributed by atoms with Gasteiger partial charge in [0.1, 0.15) is 0 Å². The molecule has 0 fully saturated rings. The zero-order valence-electron chi connectivity index (χ0n) is 5.74. The van der Waals surface area contributed by atoms with Gasteiger partial charge in [-0.05, 0) is 24.6 Å². The molecule has 0 aromatic carbocycles. The summed E-state index contributed by atoms with van der Waals surface area (Å²) in [5, 5.41) is 0. The maximum atomic E-state index is 5.73. The van der Waals surface area contributed by atoms with E-state index in [1.807, 2.05) is 0 Å². The van der Waals surface area contributed by atoms with E-state index in [2.05, 4.69) is 6.92 Å². The highest BCUT2D eigenvalue weighted by Gasteiger charge is 1.95. The third-order valence-corrected chi connectivity index (χ3v) is 1.61. The van der Waals surface area contributed by atoms with Crippen molar-refractivity contribution in [1.82, 2.24) is 4.42 Å². The van der Waals surface area contributed by atoms with Crippen molar-refractivity contribution in [3.63, 3.8) is 0 Å². The first-order chi connectivity index (χ1) is 4.31. The average Bonchev–Trinajstić information content (AvgIpc) is 1.85. The highest BCUT2D eigenvalue weighted by Crippen LogP contribution is 1.97. The molecule has 0 aliphatic carbocycles. The van der Waals surface area contributed by atoms with Gasteiger partial charge in [-0.2, -0.15) is 0 Å². The van der Waals surface area contributed by atoms with Crippen LogP contribution in [0.3, 0.4) is 0 Å². The van der Waals surface area contributed by atoms with Crippen molar-refractivity contribution in [3.8, 4) is 0 Å². The van der Waals surface area contributed by atoms with Crippen LogP contribution in [0.2, 0.25) is 0 Å². The summed E-state index contributed by atoms with van der Waals surface area (Å²) in [5.41, 5.74) is 0. The largest absolute Gasteiger partial charge is 0.220 e. The van der Waals surface area contributed by atoms with E-state index >= 15 is 0 Å². The number of halogens is 2. The lowest BCUT2D eigenvalue weighted by Gasteiger charge is -2.09. The molecule has 0 atom stereocenters. The van der Waals surface area contributed by atoms with Crippen molar-refractivity contribution in [1.29, 1.82) is 0 Å². The maximum absolute atomic E-state index is 5.73. The zero-order chi connectivity index (χ0) is 7.11. The molecule has 0 amide bonds. The Morgan fingerprint density at radius 1 is 1.33 bits per heavy atom. The minimum absolute atomic E-state index is 0.701. The highest BCUT2D eigenvalue weighted by atomic mass is 35.5. The molecule has 0 aromatic rings.